The minimum absolute atomic E-state index is 0.195. The first-order valence-corrected chi connectivity index (χ1v) is 13.0. The summed E-state index contributed by atoms with van der Waals surface area (Å²) in [6.07, 6.45) is -24.6. The summed E-state index contributed by atoms with van der Waals surface area (Å²) in [5.74, 6) is -0.784. The molecular weight excluding hydrogens is 546 g/mol. The highest BCUT2D eigenvalue weighted by atomic mass is 16.7. The number of Topliss-reactive ketones (excluding diaryl/α,β-unsaturated/α-hetero) is 1. The molecular formula is C23H43NO16. The molecule has 0 aliphatic carbocycles. The number of hydrogen-bond acceptors (Lipinski definition) is 17. The first-order valence-electron chi connectivity index (χ1n) is 13.0. The number of aliphatic hydroxyl groups excluding tert-OH is 11. The average Bonchev–Trinajstić information content (AvgIpc) is 2.95. The van der Waals surface area contributed by atoms with Crippen LogP contribution in [0.4, 0.5) is 0 Å². The molecule has 11 N–H and O–H groups in total. The van der Waals surface area contributed by atoms with Gasteiger partial charge in [0, 0.05) is 0 Å². The lowest BCUT2D eigenvalue weighted by Crippen LogP contribution is -2.62. The molecule has 17 nitrogen and oxygen atoms in total. The molecule has 0 unspecified atom stereocenters. The van der Waals surface area contributed by atoms with Crippen molar-refractivity contribution in [1.29, 1.82) is 0 Å². The Morgan fingerprint density at radius 1 is 0.750 bits per heavy atom. The minimum atomic E-state index is -2.08. The maximum absolute atomic E-state index is 12.2. The van der Waals surface area contributed by atoms with Crippen molar-refractivity contribution in [2.45, 2.75) is 99.7 Å². The Morgan fingerprint density at radius 2 is 1.25 bits per heavy atom. The zero-order valence-corrected chi connectivity index (χ0v) is 22.2. The largest absolute Gasteiger partial charge is 0.394 e. The zero-order valence-electron chi connectivity index (χ0n) is 22.2. The van der Waals surface area contributed by atoms with Crippen molar-refractivity contribution in [3.05, 3.63) is 0 Å². The second-order valence-corrected chi connectivity index (χ2v) is 9.80. The second kappa shape index (κ2) is 16.0. The predicted molar refractivity (Wildman–Crippen MR) is 129 cm³/mol. The van der Waals surface area contributed by atoms with E-state index >= 15 is 0 Å². The van der Waals surface area contributed by atoms with Gasteiger partial charge >= 0.3 is 0 Å². The number of rotatable bonds is 15. The number of ether oxygens (including phenoxy) is 4. The summed E-state index contributed by atoms with van der Waals surface area (Å²) in [6.45, 7) is 2.25. The number of carbonyl (C=O) groups excluding carboxylic acids is 1. The molecule has 2 heterocycles. The predicted octanol–water partition coefficient (Wildman–Crippen LogP) is -7.02. The molecule has 14 atom stereocenters. The summed E-state index contributed by atoms with van der Waals surface area (Å²) in [5.41, 5.74) is 0. The van der Waals surface area contributed by atoms with E-state index < -0.39 is 111 Å². The van der Waals surface area contributed by atoms with E-state index in [1.54, 1.807) is 18.7 Å². The third kappa shape index (κ3) is 8.54. The van der Waals surface area contributed by atoms with Gasteiger partial charge in [0.2, 0.25) is 0 Å². The van der Waals surface area contributed by atoms with Crippen LogP contribution in [0.15, 0.2) is 0 Å². The SMILES string of the molecule is CCN(CC)CC(=O)[C@H](O)[C@@H](O)[C@H](O)[C@H](O)CO[C@H]1O[C@H](CO[C@H]2O[C@H](CO)[C@@H](O)[C@H](O)[C@H]2O)[C@@H](O)[C@H](O)[C@H]1O. The molecule has 2 rings (SSSR count). The van der Waals surface area contributed by atoms with E-state index in [2.05, 4.69) is 0 Å². The van der Waals surface area contributed by atoms with E-state index in [4.69, 9.17) is 18.9 Å². The molecule has 2 saturated heterocycles. The van der Waals surface area contributed by atoms with Crippen molar-refractivity contribution in [2.24, 2.45) is 0 Å². The smallest absolute Gasteiger partial charge is 0.186 e. The number of hydrogen-bond donors (Lipinski definition) is 11. The van der Waals surface area contributed by atoms with Gasteiger partial charge in [-0.1, -0.05) is 13.8 Å². The molecule has 0 saturated carbocycles. The fourth-order valence-corrected chi connectivity index (χ4v) is 4.24. The molecule has 0 radical (unpaired) electrons. The third-order valence-corrected chi connectivity index (χ3v) is 7.04. The van der Waals surface area contributed by atoms with E-state index in [0.29, 0.717) is 13.1 Å². The van der Waals surface area contributed by atoms with Gasteiger partial charge in [-0.15, -0.1) is 0 Å². The molecule has 0 aromatic carbocycles. The molecule has 236 valence electrons. The normalized spacial score (nSPS) is 38.1. The van der Waals surface area contributed by atoms with Crippen LogP contribution in [-0.4, -0.2) is 192 Å². The van der Waals surface area contributed by atoms with Gasteiger partial charge in [-0.25, -0.2) is 0 Å². The number of carbonyl (C=O) groups is 1. The van der Waals surface area contributed by atoms with Crippen LogP contribution in [0.3, 0.4) is 0 Å². The second-order valence-electron chi connectivity index (χ2n) is 9.80. The maximum Gasteiger partial charge on any atom is 0.186 e. The Hall–Kier alpha value is -0.970. The summed E-state index contributed by atoms with van der Waals surface area (Å²) in [7, 11) is 0. The number of aliphatic hydroxyl groups is 11. The van der Waals surface area contributed by atoms with Gasteiger partial charge in [-0.3, -0.25) is 9.69 Å². The van der Waals surface area contributed by atoms with Crippen LogP contribution in [0, 0.1) is 0 Å². The van der Waals surface area contributed by atoms with Crippen molar-refractivity contribution in [3.63, 3.8) is 0 Å². The van der Waals surface area contributed by atoms with Crippen molar-refractivity contribution < 1.29 is 79.9 Å². The quantitative estimate of drug-likeness (QED) is 0.0846. The van der Waals surface area contributed by atoms with Crippen molar-refractivity contribution in [2.75, 3.05) is 39.5 Å². The van der Waals surface area contributed by atoms with Crippen LogP contribution in [0.5, 0.6) is 0 Å². The molecule has 0 amide bonds. The summed E-state index contributed by atoms with van der Waals surface area (Å²) < 4.78 is 21.1. The van der Waals surface area contributed by atoms with Gasteiger partial charge in [0.05, 0.1) is 26.4 Å². The first-order chi connectivity index (χ1) is 18.8. The molecule has 0 aromatic heterocycles. The van der Waals surface area contributed by atoms with E-state index in [0.717, 1.165) is 0 Å². The number of ketones is 1. The molecule has 2 aliphatic rings. The van der Waals surface area contributed by atoms with Crippen molar-refractivity contribution >= 4 is 5.78 Å². The highest BCUT2D eigenvalue weighted by molar-refractivity contribution is 5.85. The number of nitrogens with zero attached hydrogens (tertiary/aromatic N) is 1. The topological polar surface area (TPSA) is 280 Å². The Kier molecular flexibility index (Phi) is 14.1. The molecule has 0 bridgehead atoms. The number of likely N-dealkylation sites (N-methyl/N-ethyl adjacent to an activating group) is 1. The van der Waals surface area contributed by atoms with Gasteiger partial charge in [-0.2, -0.15) is 0 Å². The Balaban J connectivity index is 1.94. The Labute approximate surface area is 230 Å². The van der Waals surface area contributed by atoms with Crippen LogP contribution in [0.25, 0.3) is 0 Å². The molecule has 17 heteroatoms. The standard InChI is InChI=1S/C23H43NO16/c1-3-24(4-2)5-9(26)13(28)17(32)14(29)10(27)7-37-22-21(36)19(34)16(31)12(40-22)8-38-23-20(35)18(33)15(30)11(6-25)39-23/h10-23,25,27-36H,3-8H2,1-2H3/t10-,11-,12-,13+,14-,15-,16-,17-,18+,19+,20-,21-,22+,23+/m1/s1. The van der Waals surface area contributed by atoms with Gasteiger partial charge in [0.25, 0.3) is 0 Å². The fourth-order valence-electron chi connectivity index (χ4n) is 4.24. The lowest BCUT2D eigenvalue weighted by molar-refractivity contribution is -0.333. The van der Waals surface area contributed by atoms with E-state index in [1.807, 2.05) is 0 Å². The summed E-state index contributed by atoms with van der Waals surface area (Å²) >= 11 is 0. The molecule has 40 heavy (non-hydrogen) atoms. The van der Waals surface area contributed by atoms with Crippen LogP contribution >= 0.6 is 0 Å². The highest BCUT2D eigenvalue weighted by Crippen LogP contribution is 2.26. The zero-order chi connectivity index (χ0) is 30.3. The van der Waals surface area contributed by atoms with Crippen LogP contribution < -0.4 is 0 Å². The lowest BCUT2D eigenvalue weighted by Gasteiger charge is -2.42. The van der Waals surface area contributed by atoms with Gasteiger partial charge in [0.1, 0.15) is 73.2 Å². The summed E-state index contributed by atoms with van der Waals surface area (Å²) in [5, 5.41) is 111. The first kappa shape index (κ1) is 35.2. The van der Waals surface area contributed by atoms with Gasteiger partial charge in [0.15, 0.2) is 18.4 Å². The van der Waals surface area contributed by atoms with Crippen molar-refractivity contribution in [1.82, 2.24) is 4.90 Å². The van der Waals surface area contributed by atoms with Gasteiger partial charge < -0.3 is 75.1 Å². The summed E-state index contributed by atoms with van der Waals surface area (Å²) in [4.78, 5) is 13.9. The third-order valence-electron chi connectivity index (χ3n) is 7.04. The van der Waals surface area contributed by atoms with Crippen LogP contribution in [0.2, 0.25) is 0 Å². The van der Waals surface area contributed by atoms with E-state index in [1.165, 1.54) is 0 Å². The highest BCUT2D eigenvalue weighted by Gasteiger charge is 2.48. The van der Waals surface area contributed by atoms with Gasteiger partial charge in [-0.05, 0) is 13.1 Å². The van der Waals surface area contributed by atoms with Crippen molar-refractivity contribution in [3.8, 4) is 0 Å². The molecule has 0 aromatic rings. The fraction of sp³-hybridized carbons (Fsp3) is 0.957. The maximum atomic E-state index is 12.2. The Morgan fingerprint density at radius 3 is 1.77 bits per heavy atom. The van der Waals surface area contributed by atoms with E-state index in [-0.39, 0.29) is 6.54 Å². The average molecular weight is 590 g/mol. The Bertz CT molecular complexity index is 758. The molecule has 0 spiro atoms. The summed E-state index contributed by atoms with van der Waals surface area (Å²) in [6, 6.07) is 0. The molecule has 2 fully saturated rings. The van der Waals surface area contributed by atoms with E-state index in [9.17, 15) is 61.0 Å². The monoisotopic (exact) mass is 589 g/mol. The van der Waals surface area contributed by atoms with Crippen LogP contribution in [0.1, 0.15) is 13.8 Å². The lowest BCUT2D eigenvalue weighted by atomic mass is 9.98. The minimum Gasteiger partial charge on any atom is -0.394 e. The molecule has 2 aliphatic heterocycles. The van der Waals surface area contributed by atoms with Crippen LogP contribution in [-0.2, 0) is 23.7 Å².